The number of halogens is 3. The average Bonchev–Trinajstić information content (AvgIpc) is 2.72. The van der Waals surface area contributed by atoms with E-state index in [1.165, 1.54) is 12.1 Å². The smallest absolute Gasteiger partial charge is 0.261 e. The summed E-state index contributed by atoms with van der Waals surface area (Å²) in [6.45, 7) is -0.495. The van der Waals surface area contributed by atoms with Gasteiger partial charge in [0.2, 0.25) is 0 Å². The van der Waals surface area contributed by atoms with E-state index >= 15 is 0 Å². The van der Waals surface area contributed by atoms with Gasteiger partial charge in [-0.1, -0.05) is 23.7 Å². The molecule has 2 aromatic carbocycles. The summed E-state index contributed by atoms with van der Waals surface area (Å²) >= 11 is 5.60. The first-order valence-electron chi connectivity index (χ1n) is 6.08. The summed E-state index contributed by atoms with van der Waals surface area (Å²) < 4.78 is 27.6. The second-order valence-corrected chi connectivity index (χ2v) is 4.97. The van der Waals surface area contributed by atoms with E-state index in [2.05, 4.69) is 0 Å². The molecule has 2 aromatic rings. The monoisotopic (exact) mass is 307 g/mol. The van der Waals surface area contributed by atoms with Gasteiger partial charge in [0.1, 0.15) is 11.6 Å². The van der Waals surface area contributed by atoms with E-state index < -0.39 is 35.6 Å². The quantitative estimate of drug-likeness (QED) is 0.630. The van der Waals surface area contributed by atoms with Crippen LogP contribution in [0.15, 0.2) is 36.4 Å². The minimum Gasteiger partial charge on any atom is -0.270 e. The molecule has 0 unspecified atom stereocenters. The molecule has 0 atom stereocenters. The van der Waals surface area contributed by atoms with Gasteiger partial charge in [-0.25, -0.2) is 8.78 Å². The molecule has 0 aromatic heterocycles. The third kappa shape index (κ3) is 2.10. The number of hydrogen-bond donors (Lipinski definition) is 0. The van der Waals surface area contributed by atoms with Crippen LogP contribution in [0.1, 0.15) is 26.3 Å². The number of fused-ring (bicyclic) bond motifs is 1. The van der Waals surface area contributed by atoms with E-state index in [0.29, 0.717) is 0 Å². The predicted octanol–water partition coefficient (Wildman–Crippen LogP) is 3.41. The third-order valence-electron chi connectivity index (χ3n) is 3.33. The van der Waals surface area contributed by atoms with Crippen molar-refractivity contribution in [2.45, 2.75) is 6.54 Å². The fraction of sp³-hybridized carbons (Fsp3) is 0.0667. The highest BCUT2D eigenvalue weighted by Gasteiger charge is 2.36. The predicted molar refractivity (Wildman–Crippen MR) is 72.0 cm³/mol. The molecule has 21 heavy (non-hydrogen) atoms. The van der Waals surface area contributed by atoms with Crippen molar-refractivity contribution in [2.75, 3.05) is 0 Å². The van der Waals surface area contributed by atoms with Gasteiger partial charge < -0.3 is 0 Å². The van der Waals surface area contributed by atoms with Crippen LogP contribution in [-0.2, 0) is 6.54 Å². The summed E-state index contributed by atoms with van der Waals surface area (Å²) in [7, 11) is 0. The van der Waals surface area contributed by atoms with Crippen LogP contribution in [0.5, 0.6) is 0 Å². The molecule has 106 valence electrons. The van der Waals surface area contributed by atoms with E-state index in [0.717, 1.165) is 17.0 Å². The Bertz CT molecular complexity index is 741. The zero-order valence-electron chi connectivity index (χ0n) is 10.6. The molecule has 2 amide bonds. The van der Waals surface area contributed by atoms with Crippen LogP contribution in [0, 0.1) is 11.6 Å². The summed E-state index contributed by atoms with van der Waals surface area (Å²) in [5, 5.41) is -0.261. The van der Waals surface area contributed by atoms with Gasteiger partial charge in [-0.3, -0.25) is 14.5 Å². The second-order valence-electron chi connectivity index (χ2n) is 4.56. The van der Waals surface area contributed by atoms with E-state index in [-0.39, 0.29) is 16.1 Å². The molecule has 0 aliphatic carbocycles. The fourth-order valence-electron chi connectivity index (χ4n) is 2.25. The van der Waals surface area contributed by atoms with Gasteiger partial charge >= 0.3 is 0 Å². The number of carbonyl (C=O) groups excluding carboxylic acids is 2. The molecule has 1 heterocycles. The topological polar surface area (TPSA) is 37.4 Å². The summed E-state index contributed by atoms with van der Waals surface area (Å²) in [5.74, 6) is -2.97. The molecular formula is C15H8ClF2NO2. The number of nitrogens with zero attached hydrogens (tertiary/aromatic N) is 1. The molecule has 1 aliphatic rings. The lowest BCUT2D eigenvalue weighted by Crippen LogP contribution is -2.30. The van der Waals surface area contributed by atoms with E-state index in [1.807, 2.05) is 0 Å². The number of carbonyl (C=O) groups is 2. The Balaban J connectivity index is 2.00. The maximum absolute atomic E-state index is 13.9. The molecule has 3 nitrogen and oxygen atoms in total. The van der Waals surface area contributed by atoms with Gasteiger partial charge in [0.25, 0.3) is 11.8 Å². The number of hydrogen-bond acceptors (Lipinski definition) is 2. The van der Waals surface area contributed by atoms with Crippen LogP contribution in [0.3, 0.4) is 0 Å². The van der Waals surface area contributed by atoms with Gasteiger partial charge in [0, 0.05) is 5.56 Å². The Labute approximate surface area is 123 Å². The lowest BCUT2D eigenvalue weighted by atomic mass is 10.1. The fourth-order valence-corrected chi connectivity index (χ4v) is 2.43. The van der Waals surface area contributed by atoms with E-state index in [1.54, 1.807) is 12.1 Å². The van der Waals surface area contributed by atoms with Gasteiger partial charge in [-0.05, 0) is 24.3 Å². The molecule has 1 aliphatic heterocycles. The molecular weight excluding hydrogens is 300 g/mol. The van der Waals surface area contributed by atoms with Gasteiger partial charge in [-0.15, -0.1) is 0 Å². The lowest BCUT2D eigenvalue weighted by Gasteiger charge is -2.15. The normalized spacial score (nSPS) is 13.8. The van der Waals surface area contributed by atoms with Crippen molar-refractivity contribution in [3.63, 3.8) is 0 Å². The van der Waals surface area contributed by atoms with Crippen LogP contribution < -0.4 is 0 Å². The van der Waals surface area contributed by atoms with Crippen molar-refractivity contribution in [3.8, 4) is 0 Å². The van der Waals surface area contributed by atoms with Crippen molar-refractivity contribution < 1.29 is 18.4 Å². The Morgan fingerprint density at radius 2 is 1.52 bits per heavy atom. The van der Waals surface area contributed by atoms with Crippen molar-refractivity contribution in [1.29, 1.82) is 0 Å². The summed E-state index contributed by atoms with van der Waals surface area (Å²) in [6.07, 6.45) is 0. The van der Waals surface area contributed by atoms with Crippen LogP contribution in [0.4, 0.5) is 8.78 Å². The van der Waals surface area contributed by atoms with Crippen LogP contribution >= 0.6 is 11.6 Å². The molecule has 0 saturated heterocycles. The maximum atomic E-state index is 13.9. The Kier molecular flexibility index (Phi) is 3.22. The number of benzene rings is 2. The molecule has 0 spiro atoms. The van der Waals surface area contributed by atoms with Crippen molar-refractivity contribution in [1.82, 2.24) is 4.90 Å². The Morgan fingerprint density at radius 1 is 0.952 bits per heavy atom. The molecule has 0 radical (unpaired) electrons. The number of rotatable bonds is 2. The minimum atomic E-state index is -0.965. The second kappa shape index (κ2) is 4.93. The van der Waals surface area contributed by atoms with Gasteiger partial charge in [-0.2, -0.15) is 0 Å². The molecule has 0 fully saturated rings. The number of imide groups is 1. The first kappa shape index (κ1) is 13.7. The minimum absolute atomic E-state index is 0.227. The van der Waals surface area contributed by atoms with Crippen molar-refractivity contribution in [3.05, 3.63) is 69.7 Å². The van der Waals surface area contributed by atoms with Crippen molar-refractivity contribution in [2.24, 2.45) is 0 Å². The lowest BCUT2D eigenvalue weighted by molar-refractivity contribution is 0.0639. The summed E-state index contributed by atoms with van der Waals surface area (Å²) in [5.41, 5.74) is 0.0488. The summed E-state index contributed by atoms with van der Waals surface area (Å²) in [6, 6.07) is 8.32. The highest BCUT2D eigenvalue weighted by Crippen LogP contribution is 2.27. The zero-order valence-corrected chi connectivity index (χ0v) is 11.3. The highest BCUT2D eigenvalue weighted by molar-refractivity contribution is 6.30. The molecule has 6 heteroatoms. The van der Waals surface area contributed by atoms with E-state index in [9.17, 15) is 18.4 Å². The standard InChI is InChI=1S/C15H8ClF2NO2/c16-11-5-6-12(17)10(13(11)18)7-19-14(20)8-3-1-2-4-9(8)15(19)21/h1-6H,7H2. The van der Waals surface area contributed by atoms with Gasteiger partial charge in [0.05, 0.1) is 22.7 Å². The third-order valence-corrected chi connectivity index (χ3v) is 3.63. The average molecular weight is 308 g/mol. The van der Waals surface area contributed by atoms with Crippen molar-refractivity contribution >= 4 is 23.4 Å². The van der Waals surface area contributed by atoms with Crippen LogP contribution in [-0.4, -0.2) is 16.7 Å². The van der Waals surface area contributed by atoms with Crippen LogP contribution in [0.2, 0.25) is 5.02 Å². The molecule has 0 saturated carbocycles. The first-order chi connectivity index (χ1) is 10.0. The molecule has 0 bridgehead atoms. The van der Waals surface area contributed by atoms with E-state index in [4.69, 9.17) is 11.6 Å². The first-order valence-corrected chi connectivity index (χ1v) is 6.46. The number of amides is 2. The largest absolute Gasteiger partial charge is 0.270 e. The maximum Gasteiger partial charge on any atom is 0.261 e. The Morgan fingerprint density at radius 3 is 2.10 bits per heavy atom. The van der Waals surface area contributed by atoms with Crippen LogP contribution in [0.25, 0.3) is 0 Å². The highest BCUT2D eigenvalue weighted by atomic mass is 35.5. The Hall–Kier alpha value is -2.27. The summed E-state index contributed by atoms with van der Waals surface area (Å²) in [4.78, 5) is 25.1. The van der Waals surface area contributed by atoms with Gasteiger partial charge in [0.15, 0.2) is 0 Å². The molecule has 3 rings (SSSR count). The zero-order chi connectivity index (χ0) is 15.1. The SMILES string of the molecule is O=C1c2ccccc2C(=O)N1Cc1c(F)ccc(Cl)c1F. The molecule has 0 N–H and O–H groups in total.